The Balaban J connectivity index is 1.76. The van der Waals surface area contributed by atoms with E-state index in [1.165, 1.54) is 96.3 Å². The summed E-state index contributed by atoms with van der Waals surface area (Å²) in [7, 11) is 0. The zero-order valence-corrected chi connectivity index (χ0v) is 13.2. The van der Waals surface area contributed by atoms with Gasteiger partial charge in [0.2, 0.25) is 0 Å². The summed E-state index contributed by atoms with van der Waals surface area (Å²) in [6.45, 7) is 0. The van der Waals surface area contributed by atoms with Crippen LogP contribution in [0.3, 0.4) is 0 Å². The summed E-state index contributed by atoms with van der Waals surface area (Å²) < 4.78 is 0. The highest BCUT2D eigenvalue weighted by atomic mass is 16.7. The third-order valence-electron chi connectivity index (χ3n) is 5.01. The minimum Gasteiger partial charge on any atom is -0.281 e. The zero-order chi connectivity index (χ0) is 14.0. The molecule has 20 heavy (non-hydrogen) atoms. The van der Waals surface area contributed by atoms with Crippen LogP contribution in [0.15, 0.2) is 0 Å². The molecular formula is C17H34N2O. The Kier molecular flexibility index (Phi) is 7.92. The number of hydrogen-bond donors (Lipinski definition) is 1. The Labute approximate surface area is 125 Å². The molecule has 2 aliphatic rings. The number of nitrogens with two attached hydrogens (primary N) is 1. The Morgan fingerprint density at radius 1 is 0.600 bits per heavy atom. The van der Waals surface area contributed by atoms with Crippen LogP contribution in [0, 0.1) is 0 Å². The van der Waals surface area contributed by atoms with Crippen LogP contribution in [0.4, 0.5) is 0 Å². The molecule has 2 fully saturated rings. The zero-order valence-electron chi connectivity index (χ0n) is 13.2. The quantitative estimate of drug-likeness (QED) is 0.602. The lowest BCUT2D eigenvalue weighted by Crippen LogP contribution is -2.44. The van der Waals surface area contributed by atoms with E-state index in [4.69, 9.17) is 10.7 Å². The SMILES string of the molecule is NN(OC1CCCCCCCC1)C1CCCCCCC1. The second kappa shape index (κ2) is 9.75. The van der Waals surface area contributed by atoms with Gasteiger partial charge in [0.25, 0.3) is 0 Å². The molecule has 0 aromatic carbocycles. The van der Waals surface area contributed by atoms with Crippen molar-refractivity contribution in [2.75, 3.05) is 0 Å². The molecule has 3 nitrogen and oxygen atoms in total. The monoisotopic (exact) mass is 282 g/mol. The molecule has 0 aliphatic heterocycles. The summed E-state index contributed by atoms with van der Waals surface area (Å²) in [5.41, 5.74) is 0. The number of rotatable bonds is 3. The Bertz CT molecular complexity index is 229. The fourth-order valence-corrected chi connectivity index (χ4v) is 3.65. The van der Waals surface area contributed by atoms with E-state index in [-0.39, 0.29) is 0 Å². The lowest BCUT2D eigenvalue weighted by molar-refractivity contribution is -0.231. The van der Waals surface area contributed by atoms with Gasteiger partial charge in [-0.05, 0) is 25.7 Å². The second-order valence-electron chi connectivity index (χ2n) is 6.78. The van der Waals surface area contributed by atoms with Crippen LogP contribution < -0.4 is 5.84 Å². The molecule has 0 amide bonds. The standard InChI is InChI=1S/C17H34N2O/c18-19(16-12-8-4-3-5-9-13-16)20-17-14-10-6-1-2-7-11-15-17/h16-17H,1-15,18H2. The number of hydrazine groups is 1. The number of hydroxylamine groups is 1. The predicted molar refractivity (Wildman–Crippen MR) is 83.9 cm³/mol. The molecule has 0 aromatic heterocycles. The maximum Gasteiger partial charge on any atom is 0.0809 e. The lowest BCUT2D eigenvalue weighted by atomic mass is 9.97. The van der Waals surface area contributed by atoms with E-state index in [1.807, 2.05) is 0 Å². The summed E-state index contributed by atoms with van der Waals surface area (Å²) in [5.74, 6) is 6.24. The maximum absolute atomic E-state index is 6.24. The molecule has 3 heteroatoms. The Morgan fingerprint density at radius 3 is 1.50 bits per heavy atom. The van der Waals surface area contributed by atoms with Crippen LogP contribution in [-0.2, 0) is 4.84 Å². The first kappa shape index (κ1) is 16.3. The van der Waals surface area contributed by atoms with Crippen LogP contribution in [0.5, 0.6) is 0 Å². The van der Waals surface area contributed by atoms with Crippen LogP contribution >= 0.6 is 0 Å². The van der Waals surface area contributed by atoms with Crippen LogP contribution in [0.25, 0.3) is 0 Å². The van der Waals surface area contributed by atoms with Gasteiger partial charge >= 0.3 is 0 Å². The molecule has 0 heterocycles. The molecule has 0 saturated heterocycles. The largest absolute Gasteiger partial charge is 0.281 e. The van der Waals surface area contributed by atoms with Gasteiger partial charge in [0.05, 0.1) is 12.1 Å². The molecule has 0 aromatic rings. The fourth-order valence-electron chi connectivity index (χ4n) is 3.65. The molecule has 0 atom stereocenters. The van der Waals surface area contributed by atoms with E-state index >= 15 is 0 Å². The van der Waals surface area contributed by atoms with Crippen molar-refractivity contribution in [2.24, 2.45) is 5.84 Å². The van der Waals surface area contributed by atoms with E-state index in [0.717, 1.165) is 0 Å². The van der Waals surface area contributed by atoms with E-state index < -0.39 is 0 Å². The van der Waals surface area contributed by atoms with Crippen molar-refractivity contribution in [3.05, 3.63) is 0 Å². The van der Waals surface area contributed by atoms with E-state index in [0.29, 0.717) is 12.1 Å². The van der Waals surface area contributed by atoms with Gasteiger partial charge in [0, 0.05) is 0 Å². The highest BCUT2D eigenvalue weighted by Gasteiger charge is 2.21. The van der Waals surface area contributed by atoms with E-state index in [2.05, 4.69) is 0 Å². The third-order valence-corrected chi connectivity index (χ3v) is 5.01. The highest BCUT2D eigenvalue weighted by molar-refractivity contribution is 4.68. The van der Waals surface area contributed by atoms with Gasteiger partial charge < -0.3 is 0 Å². The molecule has 0 spiro atoms. The average Bonchev–Trinajstić information content (AvgIpc) is 2.52. The van der Waals surface area contributed by atoms with Gasteiger partial charge in [0.15, 0.2) is 0 Å². The van der Waals surface area contributed by atoms with E-state index in [1.54, 1.807) is 5.17 Å². The normalized spacial score (nSPS) is 25.5. The topological polar surface area (TPSA) is 38.5 Å². The average molecular weight is 282 g/mol. The molecule has 0 unspecified atom stereocenters. The first-order chi connectivity index (χ1) is 9.86. The van der Waals surface area contributed by atoms with Crippen molar-refractivity contribution in [2.45, 2.75) is 108 Å². The molecule has 2 saturated carbocycles. The molecule has 2 N–H and O–H groups in total. The Hall–Kier alpha value is -0.120. The van der Waals surface area contributed by atoms with Gasteiger partial charge in [-0.15, -0.1) is 5.17 Å². The molecule has 2 rings (SSSR count). The van der Waals surface area contributed by atoms with Crippen LogP contribution in [0.1, 0.15) is 96.3 Å². The summed E-state index contributed by atoms with van der Waals surface area (Å²) in [6.07, 6.45) is 20.1. The highest BCUT2D eigenvalue weighted by Crippen LogP contribution is 2.23. The summed E-state index contributed by atoms with van der Waals surface area (Å²) in [5, 5.41) is 1.74. The van der Waals surface area contributed by atoms with Gasteiger partial charge in [-0.25, -0.2) is 5.84 Å². The van der Waals surface area contributed by atoms with Gasteiger partial charge in [-0.3, -0.25) is 4.84 Å². The van der Waals surface area contributed by atoms with Crippen molar-refractivity contribution in [1.82, 2.24) is 5.17 Å². The van der Waals surface area contributed by atoms with Crippen molar-refractivity contribution < 1.29 is 4.84 Å². The minimum absolute atomic E-state index is 0.364. The predicted octanol–water partition coefficient (Wildman–Crippen LogP) is 4.71. The van der Waals surface area contributed by atoms with Crippen LogP contribution in [0.2, 0.25) is 0 Å². The minimum atomic E-state index is 0.364. The summed E-state index contributed by atoms with van der Waals surface area (Å²) in [6, 6.07) is 0.447. The van der Waals surface area contributed by atoms with Gasteiger partial charge in [-0.2, -0.15) is 0 Å². The second-order valence-corrected chi connectivity index (χ2v) is 6.78. The molecular weight excluding hydrogens is 248 g/mol. The number of nitrogens with zero attached hydrogens (tertiary/aromatic N) is 1. The van der Waals surface area contributed by atoms with Crippen molar-refractivity contribution >= 4 is 0 Å². The first-order valence-electron chi connectivity index (χ1n) is 9.07. The van der Waals surface area contributed by atoms with Crippen molar-refractivity contribution in [3.8, 4) is 0 Å². The van der Waals surface area contributed by atoms with E-state index in [9.17, 15) is 0 Å². The third kappa shape index (κ3) is 6.11. The first-order valence-corrected chi connectivity index (χ1v) is 9.07. The lowest BCUT2D eigenvalue weighted by Gasteiger charge is -2.31. The molecule has 2 aliphatic carbocycles. The van der Waals surface area contributed by atoms with Crippen LogP contribution in [-0.4, -0.2) is 17.3 Å². The molecule has 118 valence electrons. The molecule has 0 bridgehead atoms. The van der Waals surface area contributed by atoms with Gasteiger partial charge in [-0.1, -0.05) is 70.6 Å². The Morgan fingerprint density at radius 2 is 1.00 bits per heavy atom. The summed E-state index contributed by atoms with van der Waals surface area (Å²) >= 11 is 0. The summed E-state index contributed by atoms with van der Waals surface area (Å²) in [4.78, 5) is 6.13. The van der Waals surface area contributed by atoms with Crippen molar-refractivity contribution in [3.63, 3.8) is 0 Å². The van der Waals surface area contributed by atoms with Crippen molar-refractivity contribution in [1.29, 1.82) is 0 Å². The van der Waals surface area contributed by atoms with Gasteiger partial charge in [0.1, 0.15) is 0 Å². The molecule has 0 radical (unpaired) electrons. The smallest absolute Gasteiger partial charge is 0.0809 e. The maximum atomic E-state index is 6.24. The fraction of sp³-hybridized carbons (Fsp3) is 1.00. The number of hydrogen-bond acceptors (Lipinski definition) is 3.